The van der Waals surface area contributed by atoms with Crippen LogP contribution in [0.1, 0.15) is 5.69 Å². The number of amides is 1. The third kappa shape index (κ3) is 2.96. The van der Waals surface area contributed by atoms with Crippen LogP contribution in [0.5, 0.6) is 0 Å². The fourth-order valence-electron chi connectivity index (χ4n) is 1.70. The monoisotopic (exact) mass is 271 g/mol. The number of ether oxygens (including phenoxy) is 1. The lowest BCUT2D eigenvalue weighted by atomic mass is 10.2. The van der Waals surface area contributed by atoms with Crippen LogP contribution in [0.25, 0.3) is 0 Å². The molecule has 1 unspecified atom stereocenters. The van der Waals surface area contributed by atoms with Gasteiger partial charge in [0, 0.05) is 11.9 Å². The summed E-state index contributed by atoms with van der Waals surface area (Å²) in [5.74, 6) is -1.21. The zero-order valence-corrected chi connectivity index (χ0v) is 10.4. The number of thiazole rings is 1. The second-order valence-corrected chi connectivity index (χ2v) is 4.78. The Morgan fingerprint density at radius 3 is 3.06 bits per heavy atom. The molecule has 2 rings (SSSR count). The van der Waals surface area contributed by atoms with E-state index < -0.39 is 12.1 Å². The van der Waals surface area contributed by atoms with Crippen molar-refractivity contribution in [1.29, 1.82) is 0 Å². The van der Waals surface area contributed by atoms with Crippen molar-refractivity contribution in [2.24, 2.45) is 0 Å². The molecule has 98 valence electrons. The van der Waals surface area contributed by atoms with Gasteiger partial charge in [0.05, 0.1) is 25.3 Å². The highest BCUT2D eigenvalue weighted by Crippen LogP contribution is 2.13. The van der Waals surface area contributed by atoms with E-state index in [0.29, 0.717) is 17.4 Å². The summed E-state index contributed by atoms with van der Waals surface area (Å²) in [6, 6.07) is 0. The van der Waals surface area contributed by atoms with E-state index in [-0.39, 0.29) is 25.5 Å². The van der Waals surface area contributed by atoms with Crippen LogP contribution < -0.4 is 5.73 Å². The van der Waals surface area contributed by atoms with Crippen LogP contribution in [-0.2, 0) is 20.7 Å². The van der Waals surface area contributed by atoms with Gasteiger partial charge in [-0.3, -0.25) is 4.79 Å². The molecule has 0 radical (unpaired) electrons. The fourth-order valence-corrected chi connectivity index (χ4v) is 2.26. The van der Waals surface area contributed by atoms with Crippen LogP contribution >= 0.6 is 11.3 Å². The first-order chi connectivity index (χ1) is 8.56. The molecule has 2 heterocycles. The number of hydrogen-bond acceptors (Lipinski definition) is 6. The van der Waals surface area contributed by atoms with Crippen LogP contribution in [-0.4, -0.2) is 52.7 Å². The number of hydrogen-bond donors (Lipinski definition) is 2. The number of carboxylic acid groups (broad SMARTS) is 1. The molecular weight excluding hydrogens is 258 g/mol. The predicted molar refractivity (Wildman–Crippen MR) is 64.2 cm³/mol. The Labute approximate surface area is 107 Å². The minimum Gasteiger partial charge on any atom is -0.479 e. The van der Waals surface area contributed by atoms with E-state index in [1.54, 1.807) is 5.38 Å². The number of nitrogens with two attached hydrogens (primary N) is 1. The van der Waals surface area contributed by atoms with Crippen molar-refractivity contribution < 1.29 is 19.4 Å². The van der Waals surface area contributed by atoms with Crippen molar-refractivity contribution in [2.75, 3.05) is 25.4 Å². The Morgan fingerprint density at radius 2 is 2.44 bits per heavy atom. The Kier molecular flexibility index (Phi) is 3.78. The van der Waals surface area contributed by atoms with Gasteiger partial charge in [0.25, 0.3) is 0 Å². The molecule has 8 heteroatoms. The highest BCUT2D eigenvalue weighted by atomic mass is 32.1. The molecule has 0 bridgehead atoms. The van der Waals surface area contributed by atoms with Gasteiger partial charge in [-0.25, -0.2) is 9.78 Å². The predicted octanol–water partition coefficient (Wildman–Crippen LogP) is -0.420. The lowest BCUT2D eigenvalue weighted by Crippen LogP contribution is -2.49. The molecule has 0 saturated carbocycles. The minimum absolute atomic E-state index is 0.0772. The Balaban J connectivity index is 1.94. The van der Waals surface area contributed by atoms with Gasteiger partial charge in [-0.15, -0.1) is 11.3 Å². The number of aromatic nitrogens is 1. The van der Waals surface area contributed by atoms with Crippen molar-refractivity contribution in [3.8, 4) is 0 Å². The van der Waals surface area contributed by atoms with Gasteiger partial charge in [0.2, 0.25) is 5.91 Å². The van der Waals surface area contributed by atoms with Gasteiger partial charge in [-0.1, -0.05) is 0 Å². The molecule has 1 saturated heterocycles. The normalized spacial score (nSPS) is 19.8. The molecule has 1 fully saturated rings. The van der Waals surface area contributed by atoms with Crippen molar-refractivity contribution in [3.63, 3.8) is 0 Å². The first-order valence-corrected chi connectivity index (χ1v) is 6.26. The summed E-state index contributed by atoms with van der Waals surface area (Å²) in [7, 11) is 0. The van der Waals surface area contributed by atoms with Gasteiger partial charge < -0.3 is 20.5 Å². The van der Waals surface area contributed by atoms with E-state index in [1.165, 1.54) is 16.2 Å². The van der Waals surface area contributed by atoms with Crippen molar-refractivity contribution in [1.82, 2.24) is 9.88 Å². The maximum absolute atomic E-state index is 11.9. The first-order valence-electron chi connectivity index (χ1n) is 5.38. The van der Waals surface area contributed by atoms with Crippen LogP contribution in [0.3, 0.4) is 0 Å². The third-order valence-corrected chi connectivity index (χ3v) is 3.32. The second kappa shape index (κ2) is 5.32. The lowest BCUT2D eigenvalue weighted by Gasteiger charge is -2.30. The van der Waals surface area contributed by atoms with E-state index in [0.717, 1.165) is 0 Å². The summed E-state index contributed by atoms with van der Waals surface area (Å²) >= 11 is 1.28. The maximum atomic E-state index is 11.9. The molecule has 1 aromatic heterocycles. The molecule has 18 heavy (non-hydrogen) atoms. The fraction of sp³-hybridized carbons (Fsp3) is 0.500. The number of morpholine rings is 1. The van der Waals surface area contributed by atoms with Crippen molar-refractivity contribution in [2.45, 2.75) is 12.5 Å². The highest BCUT2D eigenvalue weighted by Gasteiger charge is 2.29. The summed E-state index contributed by atoms with van der Waals surface area (Å²) in [5.41, 5.74) is 6.09. The van der Waals surface area contributed by atoms with E-state index in [9.17, 15) is 9.59 Å². The number of rotatable bonds is 3. The topological polar surface area (TPSA) is 106 Å². The van der Waals surface area contributed by atoms with Crippen LogP contribution in [0, 0.1) is 0 Å². The number of aliphatic carboxylic acids is 1. The van der Waals surface area contributed by atoms with Gasteiger partial charge in [-0.05, 0) is 0 Å². The van der Waals surface area contributed by atoms with E-state index in [1.807, 2.05) is 0 Å². The maximum Gasteiger partial charge on any atom is 0.334 e. The SMILES string of the molecule is Nc1nc(CC(=O)N2CCOC(C(=O)O)C2)cs1. The number of carbonyl (C=O) groups is 2. The number of nitrogens with zero attached hydrogens (tertiary/aromatic N) is 2. The summed E-state index contributed by atoms with van der Waals surface area (Å²) in [4.78, 5) is 28.2. The van der Waals surface area contributed by atoms with Gasteiger partial charge in [0.1, 0.15) is 0 Å². The number of carbonyl (C=O) groups excluding carboxylic acids is 1. The van der Waals surface area contributed by atoms with Gasteiger partial charge in [0.15, 0.2) is 11.2 Å². The molecule has 1 amide bonds. The number of carboxylic acids is 1. The van der Waals surface area contributed by atoms with Crippen LogP contribution in [0.2, 0.25) is 0 Å². The number of nitrogen functional groups attached to an aromatic ring is 1. The van der Waals surface area contributed by atoms with Gasteiger partial charge >= 0.3 is 5.97 Å². The third-order valence-electron chi connectivity index (χ3n) is 2.60. The molecule has 0 spiro atoms. The molecule has 1 aliphatic rings. The zero-order valence-electron chi connectivity index (χ0n) is 9.54. The average molecular weight is 271 g/mol. The molecule has 1 atom stereocenters. The summed E-state index contributed by atoms with van der Waals surface area (Å²) < 4.78 is 5.05. The molecule has 0 aromatic carbocycles. The summed E-state index contributed by atoms with van der Waals surface area (Å²) in [6.45, 7) is 0.720. The first kappa shape index (κ1) is 12.8. The van der Waals surface area contributed by atoms with Gasteiger partial charge in [-0.2, -0.15) is 0 Å². The van der Waals surface area contributed by atoms with E-state index >= 15 is 0 Å². The van der Waals surface area contributed by atoms with E-state index in [2.05, 4.69) is 4.98 Å². The quantitative estimate of drug-likeness (QED) is 0.773. The highest BCUT2D eigenvalue weighted by molar-refractivity contribution is 7.13. The van der Waals surface area contributed by atoms with Crippen molar-refractivity contribution >= 4 is 28.3 Å². The lowest BCUT2D eigenvalue weighted by molar-refractivity contribution is -0.159. The van der Waals surface area contributed by atoms with E-state index in [4.69, 9.17) is 15.6 Å². The standard InChI is InChI=1S/C10H13N3O4S/c11-10-12-6(5-18-10)3-8(14)13-1-2-17-7(4-13)9(15)16/h5,7H,1-4H2,(H2,11,12)(H,15,16). The largest absolute Gasteiger partial charge is 0.479 e. The molecule has 3 N–H and O–H groups in total. The summed E-state index contributed by atoms with van der Waals surface area (Å²) in [5, 5.41) is 11.0. The number of anilines is 1. The second-order valence-electron chi connectivity index (χ2n) is 3.89. The molecule has 1 aliphatic heterocycles. The molecule has 1 aromatic rings. The zero-order chi connectivity index (χ0) is 13.1. The molecule has 7 nitrogen and oxygen atoms in total. The molecular formula is C10H13N3O4S. The van der Waals surface area contributed by atoms with Crippen LogP contribution in [0.4, 0.5) is 5.13 Å². The smallest absolute Gasteiger partial charge is 0.334 e. The molecule has 0 aliphatic carbocycles. The minimum atomic E-state index is -1.05. The van der Waals surface area contributed by atoms with Crippen LogP contribution in [0.15, 0.2) is 5.38 Å². The van der Waals surface area contributed by atoms with Crippen molar-refractivity contribution in [3.05, 3.63) is 11.1 Å². The Bertz CT molecular complexity index is 462. The summed E-state index contributed by atoms with van der Waals surface area (Å²) in [6.07, 6.45) is -0.803. The Hall–Kier alpha value is -1.67. The average Bonchev–Trinajstić information content (AvgIpc) is 2.75. The Morgan fingerprint density at radius 1 is 1.67 bits per heavy atom.